The fourth-order valence-corrected chi connectivity index (χ4v) is 1.31. The van der Waals surface area contributed by atoms with Crippen molar-refractivity contribution in [1.29, 1.82) is 0 Å². The summed E-state index contributed by atoms with van der Waals surface area (Å²) in [5.41, 5.74) is 0. The number of imidazole rings is 1. The lowest BCUT2D eigenvalue weighted by atomic mass is 10.3. The summed E-state index contributed by atoms with van der Waals surface area (Å²) in [5.74, 6) is 0.918. The van der Waals surface area contributed by atoms with Crippen molar-refractivity contribution < 1.29 is 4.79 Å². The third-order valence-corrected chi connectivity index (χ3v) is 2.27. The molecule has 0 saturated carbocycles. The molecule has 2 N–H and O–H groups in total. The van der Waals surface area contributed by atoms with Crippen molar-refractivity contribution in [3.63, 3.8) is 0 Å². The monoisotopic (exact) mass is 224 g/mol. The van der Waals surface area contributed by atoms with Gasteiger partial charge in [-0.2, -0.15) is 0 Å². The van der Waals surface area contributed by atoms with Gasteiger partial charge in [0, 0.05) is 38.4 Å². The van der Waals surface area contributed by atoms with Crippen molar-refractivity contribution in [2.45, 2.75) is 32.9 Å². The Bertz CT molecular complexity index is 332. The molecule has 0 atom stereocenters. The van der Waals surface area contributed by atoms with Crippen LogP contribution in [0.25, 0.3) is 0 Å². The lowest BCUT2D eigenvalue weighted by Crippen LogP contribution is -2.30. The van der Waals surface area contributed by atoms with Gasteiger partial charge in [0.1, 0.15) is 5.82 Å². The van der Waals surface area contributed by atoms with Gasteiger partial charge < -0.3 is 15.2 Å². The van der Waals surface area contributed by atoms with E-state index in [0.29, 0.717) is 25.6 Å². The fourth-order valence-electron chi connectivity index (χ4n) is 1.31. The van der Waals surface area contributed by atoms with Gasteiger partial charge in [-0.25, -0.2) is 4.98 Å². The molecule has 1 heterocycles. The van der Waals surface area contributed by atoms with Crippen LogP contribution in [0, 0.1) is 0 Å². The first-order valence-corrected chi connectivity index (χ1v) is 5.56. The van der Waals surface area contributed by atoms with Gasteiger partial charge in [0.2, 0.25) is 5.91 Å². The Hall–Kier alpha value is -1.36. The summed E-state index contributed by atoms with van der Waals surface area (Å²) in [6.07, 6.45) is 4.09. The molecule has 0 aromatic carbocycles. The first-order chi connectivity index (χ1) is 7.59. The molecule has 0 aliphatic heterocycles. The molecule has 0 fully saturated rings. The van der Waals surface area contributed by atoms with E-state index in [4.69, 9.17) is 0 Å². The highest BCUT2D eigenvalue weighted by molar-refractivity contribution is 5.75. The standard InChI is InChI=1S/C11H20N4O/c1-9(2)12-5-4-11(16)14-8-10-13-6-7-15(10)3/h6-7,9,12H,4-5,8H2,1-3H3,(H,14,16). The summed E-state index contributed by atoms with van der Waals surface area (Å²) >= 11 is 0. The largest absolute Gasteiger partial charge is 0.349 e. The molecular formula is C11H20N4O. The van der Waals surface area contributed by atoms with Crippen molar-refractivity contribution in [1.82, 2.24) is 20.2 Å². The predicted octanol–water partition coefficient (Wildman–Crippen LogP) is 0.424. The molecule has 0 spiro atoms. The van der Waals surface area contributed by atoms with Crippen LogP contribution in [-0.2, 0) is 18.4 Å². The zero-order valence-corrected chi connectivity index (χ0v) is 10.2. The average Bonchev–Trinajstić information content (AvgIpc) is 2.60. The Kier molecular flexibility index (Phi) is 4.98. The summed E-state index contributed by atoms with van der Waals surface area (Å²) in [5, 5.41) is 6.04. The van der Waals surface area contributed by atoms with Crippen LogP contribution in [-0.4, -0.2) is 28.0 Å². The van der Waals surface area contributed by atoms with E-state index < -0.39 is 0 Å². The van der Waals surface area contributed by atoms with E-state index in [-0.39, 0.29) is 5.91 Å². The van der Waals surface area contributed by atoms with E-state index in [9.17, 15) is 4.79 Å². The number of nitrogens with one attached hydrogen (secondary N) is 2. The Morgan fingerprint density at radius 2 is 2.31 bits per heavy atom. The van der Waals surface area contributed by atoms with Crippen molar-refractivity contribution in [2.75, 3.05) is 6.54 Å². The molecule has 1 rings (SSSR count). The SMILES string of the molecule is CC(C)NCCC(=O)NCc1nccn1C. The smallest absolute Gasteiger partial charge is 0.221 e. The van der Waals surface area contributed by atoms with Gasteiger partial charge in [-0.1, -0.05) is 13.8 Å². The van der Waals surface area contributed by atoms with Crippen LogP contribution in [0.3, 0.4) is 0 Å². The van der Waals surface area contributed by atoms with E-state index in [1.807, 2.05) is 17.8 Å². The van der Waals surface area contributed by atoms with Gasteiger partial charge in [-0.3, -0.25) is 4.79 Å². The van der Waals surface area contributed by atoms with Crippen molar-refractivity contribution >= 4 is 5.91 Å². The van der Waals surface area contributed by atoms with Gasteiger partial charge in [0.05, 0.1) is 6.54 Å². The number of nitrogens with zero attached hydrogens (tertiary/aromatic N) is 2. The normalized spacial score (nSPS) is 10.8. The second-order valence-electron chi connectivity index (χ2n) is 4.09. The number of hydrogen-bond acceptors (Lipinski definition) is 3. The van der Waals surface area contributed by atoms with E-state index in [0.717, 1.165) is 5.82 Å². The van der Waals surface area contributed by atoms with Crippen LogP contribution in [0.2, 0.25) is 0 Å². The molecule has 0 unspecified atom stereocenters. The third kappa shape index (κ3) is 4.44. The number of carbonyl (C=O) groups excluding carboxylic acids is 1. The van der Waals surface area contributed by atoms with Crippen LogP contribution in [0.1, 0.15) is 26.1 Å². The molecular weight excluding hydrogens is 204 g/mol. The number of aryl methyl sites for hydroxylation is 1. The van der Waals surface area contributed by atoms with Gasteiger partial charge in [-0.15, -0.1) is 0 Å². The van der Waals surface area contributed by atoms with Gasteiger partial charge in [0.15, 0.2) is 0 Å². The van der Waals surface area contributed by atoms with Crippen LogP contribution < -0.4 is 10.6 Å². The molecule has 1 aromatic heterocycles. The lowest BCUT2D eigenvalue weighted by molar-refractivity contribution is -0.121. The number of carbonyl (C=O) groups is 1. The van der Waals surface area contributed by atoms with Crippen LogP contribution >= 0.6 is 0 Å². The van der Waals surface area contributed by atoms with Gasteiger partial charge in [-0.05, 0) is 0 Å². The fraction of sp³-hybridized carbons (Fsp3) is 0.636. The highest BCUT2D eigenvalue weighted by Crippen LogP contribution is 1.93. The molecule has 0 bridgehead atoms. The van der Waals surface area contributed by atoms with Gasteiger partial charge in [0.25, 0.3) is 0 Å². The molecule has 5 nitrogen and oxygen atoms in total. The summed E-state index contributed by atoms with van der Waals surface area (Å²) in [7, 11) is 1.91. The minimum absolute atomic E-state index is 0.0520. The van der Waals surface area contributed by atoms with Crippen LogP contribution in [0.4, 0.5) is 0 Å². The molecule has 1 aromatic rings. The van der Waals surface area contributed by atoms with Crippen molar-refractivity contribution in [3.8, 4) is 0 Å². The van der Waals surface area contributed by atoms with Crippen molar-refractivity contribution in [3.05, 3.63) is 18.2 Å². The third-order valence-electron chi connectivity index (χ3n) is 2.27. The second-order valence-corrected chi connectivity index (χ2v) is 4.09. The molecule has 16 heavy (non-hydrogen) atoms. The molecule has 0 saturated heterocycles. The van der Waals surface area contributed by atoms with Crippen LogP contribution in [0.15, 0.2) is 12.4 Å². The van der Waals surface area contributed by atoms with Crippen molar-refractivity contribution in [2.24, 2.45) is 7.05 Å². The topological polar surface area (TPSA) is 59.0 Å². The predicted molar refractivity (Wildman–Crippen MR) is 62.8 cm³/mol. The second kappa shape index (κ2) is 6.27. The molecule has 1 amide bonds. The molecule has 90 valence electrons. The van der Waals surface area contributed by atoms with E-state index >= 15 is 0 Å². The summed E-state index contributed by atoms with van der Waals surface area (Å²) < 4.78 is 1.90. The van der Waals surface area contributed by atoms with E-state index in [1.165, 1.54) is 0 Å². The van der Waals surface area contributed by atoms with Crippen LogP contribution in [0.5, 0.6) is 0 Å². The minimum atomic E-state index is 0.0520. The number of amides is 1. The highest BCUT2D eigenvalue weighted by Gasteiger charge is 2.03. The maximum absolute atomic E-state index is 11.4. The first-order valence-electron chi connectivity index (χ1n) is 5.56. The zero-order chi connectivity index (χ0) is 12.0. The maximum atomic E-state index is 11.4. The quantitative estimate of drug-likeness (QED) is 0.736. The first kappa shape index (κ1) is 12.7. The van der Waals surface area contributed by atoms with Gasteiger partial charge >= 0.3 is 0 Å². The Morgan fingerprint density at radius 3 is 2.88 bits per heavy atom. The highest BCUT2D eigenvalue weighted by atomic mass is 16.1. The molecule has 0 aliphatic rings. The molecule has 0 aliphatic carbocycles. The average molecular weight is 224 g/mol. The molecule has 0 radical (unpaired) electrons. The van der Waals surface area contributed by atoms with E-state index in [2.05, 4.69) is 29.5 Å². The summed E-state index contributed by atoms with van der Waals surface area (Å²) in [6, 6.07) is 0.419. The maximum Gasteiger partial charge on any atom is 0.221 e. The Balaban J connectivity index is 2.18. The van der Waals surface area contributed by atoms with E-state index in [1.54, 1.807) is 6.20 Å². The lowest BCUT2D eigenvalue weighted by Gasteiger charge is -2.08. The molecule has 5 heteroatoms. The summed E-state index contributed by atoms with van der Waals surface area (Å²) in [6.45, 7) is 5.33. The Labute approximate surface area is 96.3 Å². The number of hydrogen-bond donors (Lipinski definition) is 2. The summed E-state index contributed by atoms with van der Waals surface area (Å²) in [4.78, 5) is 15.6. The number of rotatable bonds is 6. The number of aromatic nitrogens is 2. The minimum Gasteiger partial charge on any atom is -0.349 e. The Morgan fingerprint density at radius 1 is 1.56 bits per heavy atom. The zero-order valence-electron chi connectivity index (χ0n) is 10.2.